The molecule has 2 nitrogen and oxygen atoms in total. The molecule has 62 valence electrons. The van der Waals surface area contributed by atoms with Crippen molar-refractivity contribution in [3.63, 3.8) is 0 Å². The summed E-state index contributed by atoms with van der Waals surface area (Å²) >= 11 is 0. The summed E-state index contributed by atoms with van der Waals surface area (Å²) < 4.78 is 0. The van der Waals surface area contributed by atoms with Crippen LogP contribution in [-0.4, -0.2) is 31.6 Å². The predicted molar refractivity (Wildman–Crippen MR) is 46.0 cm³/mol. The Kier molecular flexibility index (Phi) is 3.33. The summed E-state index contributed by atoms with van der Waals surface area (Å²) in [7, 11) is 4.15. The maximum absolute atomic E-state index is 5.79. The predicted octanol–water partition coefficient (Wildman–Crippen LogP) is 0.921. The highest BCUT2D eigenvalue weighted by molar-refractivity contribution is 4.79. The lowest BCUT2D eigenvalue weighted by Crippen LogP contribution is -2.41. The lowest BCUT2D eigenvalue weighted by Gasteiger charge is -2.31. The van der Waals surface area contributed by atoms with Crippen molar-refractivity contribution in [1.29, 1.82) is 0 Å². The molecule has 0 spiro atoms. The van der Waals surface area contributed by atoms with Crippen molar-refractivity contribution in [2.75, 3.05) is 20.6 Å². The first-order chi connectivity index (χ1) is 4.36. The van der Waals surface area contributed by atoms with E-state index in [0.29, 0.717) is 0 Å². The van der Waals surface area contributed by atoms with Gasteiger partial charge in [-0.3, -0.25) is 0 Å². The van der Waals surface area contributed by atoms with Gasteiger partial charge in [0.05, 0.1) is 0 Å². The molecule has 0 aliphatic carbocycles. The van der Waals surface area contributed by atoms with E-state index in [0.717, 1.165) is 6.54 Å². The molecular weight excluding hydrogens is 124 g/mol. The fourth-order valence-corrected chi connectivity index (χ4v) is 0.959. The van der Waals surface area contributed by atoms with Gasteiger partial charge in [-0.15, -0.1) is 0 Å². The lowest BCUT2D eigenvalue weighted by molar-refractivity contribution is 0.208. The van der Waals surface area contributed by atoms with Gasteiger partial charge >= 0.3 is 0 Å². The summed E-state index contributed by atoms with van der Waals surface area (Å²) in [5.41, 5.74) is 6.02. The largest absolute Gasteiger partial charge is 0.327 e. The van der Waals surface area contributed by atoms with E-state index in [1.165, 1.54) is 0 Å². The third-order valence-electron chi connectivity index (χ3n) is 1.96. The van der Waals surface area contributed by atoms with Gasteiger partial charge in [0.2, 0.25) is 0 Å². The van der Waals surface area contributed by atoms with Crippen LogP contribution in [0.5, 0.6) is 0 Å². The Hall–Kier alpha value is -0.0800. The summed E-state index contributed by atoms with van der Waals surface area (Å²) in [5, 5.41) is 0. The van der Waals surface area contributed by atoms with Crippen LogP contribution in [0.25, 0.3) is 0 Å². The first-order valence-electron chi connectivity index (χ1n) is 3.76. The third-order valence-corrected chi connectivity index (χ3v) is 1.96. The quantitative estimate of drug-likeness (QED) is 0.638. The fraction of sp³-hybridized carbons (Fsp3) is 1.00. The molecule has 0 amide bonds. The maximum Gasteiger partial charge on any atom is 0.00739 e. The Morgan fingerprint density at radius 2 is 1.80 bits per heavy atom. The molecule has 2 heteroatoms. The monoisotopic (exact) mass is 144 g/mol. The minimum absolute atomic E-state index is 0.226. The second-order valence-electron chi connectivity index (χ2n) is 4.02. The van der Waals surface area contributed by atoms with Gasteiger partial charge in [0.15, 0.2) is 0 Å². The first-order valence-corrected chi connectivity index (χ1v) is 3.76. The van der Waals surface area contributed by atoms with Crippen molar-refractivity contribution < 1.29 is 0 Å². The Balaban J connectivity index is 3.87. The highest BCUT2D eigenvalue weighted by atomic mass is 15.1. The SMILES string of the molecule is C[C@H](N)C(C)(C)CN(C)C. The molecule has 0 aliphatic rings. The second kappa shape index (κ2) is 3.35. The third kappa shape index (κ3) is 3.18. The van der Waals surface area contributed by atoms with Gasteiger partial charge in [-0.25, -0.2) is 0 Å². The van der Waals surface area contributed by atoms with Gasteiger partial charge in [0, 0.05) is 12.6 Å². The molecule has 0 heterocycles. The van der Waals surface area contributed by atoms with E-state index in [1.54, 1.807) is 0 Å². The number of nitrogens with zero attached hydrogens (tertiary/aromatic N) is 1. The van der Waals surface area contributed by atoms with Gasteiger partial charge in [-0.2, -0.15) is 0 Å². The molecular formula is C8H20N2. The zero-order valence-electron chi connectivity index (χ0n) is 7.81. The maximum atomic E-state index is 5.79. The zero-order chi connectivity index (χ0) is 8.36. The number of hydrogen-bond donors (Lipinski definition) is 1. The second-order valence-corrected chi connectivity index (χ2v) is 4.02. The van der Waals surface area contributed by atoms with E-state index in [4.69, 9.17) is 5.73 Å². The van der Waals surface area contributed by atoms with Crippen molar-refractivity contribution in [2.45, 2.75) is 26.8 Å². The van der Waals surface area contributed by atoms with Crippen LogP contribution in [0.1, 0.15) is 20.8 Å². The summed E-state index contributed by atoms with van der Waals surface area (Å²) in [6.07, 6.45) is 0. The summed E-state index contributed by atoms with van der Waals surface area (Å²) in [6, 6.07) is 0.259. The van der Waals surface area contributed by atoms with Crippen molar-refractivity contribution in [3.8, 4) is 0 Å². The van der Waals surface area contributed by atoms with Gasteiger partial charge in [-0.05, 0) is 26.4 Å². The van der Waals surface area contributed by atoms with Gasteiger partial charge < -0.3 is 10.6 Å². The minimum atomic E-state index is 0.226. The van der Waals surface area contributed by atoms with Crippen LogP contribution in [0.4, 0.5) is 0 Å². The Morgan fingerprint density at radius 3 is 1.90 bits per heavy atom. The highest BCUT2D eigenvalue weighted by Crippen LogP contribution is 2.18. The Morgan fingerprint density at radius 1 is 1.40 bits per heavy atom. The molecule has 0 fully saturated rings. The molecule has 0 aromatic heterocycles. The Labute approximate surface area is 64.4 Å². The molecule has 1 atom stereocenters. The molecule has 0 bridgehead atoms. The van der Waals surface area contributed by atoms with E-state index in [9.17, 15) is 0 Å². The summed E-state index contributed by atoms with van der Waals surface area (Å²) in [5.74, 6) is 0. The van der Waals surface area contributed by atoms with Crippen LogP contribution in [0.15, 0.2) is 0 Å². The average Bonchev–Trinajstić information content (AvgIpc) is 1.60. The van der Waals surface area contributed by atoms with Crippen LogP contribution >= 0.6 is 0 Å². The Bertz CT molecular complexity index is 95.4. The molecule has 10 heavy (non-hydrogen) atoms. The van der Waals surface area contributed by atoms with Crippen molar-refractivity contribution >= 4 is 0 Å². The molecule has 2 N–H and O–H groups in total. The van der Waals surface area contributed by atoms with Gasteiger partial charge in [-0.1, -0.05) is 13.8 Å². The van der Waals surface area contributed by atoms with Crippen LogP contribution < -0.4 is 5.73 Å². The molecule has 0 aliphatic heterocycles. The number of rotatable bonds is 3. The van der Waals surface area contributed by atoms with Crippen LogP contribution in [0, 0.1) is 5.41 Å². The first kappa shape index (κ1) is 9.92. The molecule has 0 radical (unpaired) electrons. The smallest absolute Gasteiger partial charge is 0.00739 e. The number of hydrogen-bond acceptors (Lipinski definition) is 2. The van der Waals surface area contributed by atoms with Gasteiger partial charge in [0.1, 0.15) is 0 Å². The van der Waals surface area contributed by atoms with E-state index >= 15 is 0 Å². The average molecular weight is 144 g/mol. The molecule has 0 aromatic rings. The summed E-state index contributed by atoms with van der Waals surface area (Å²) in [4.78, 5) is 2.17. The van der Waals surface area contributed by atoms with Crippen molar-refractivity contribution in [3.05, 3.63) is 0 Å². The van der Waals surface area contributed by atoms with Crippen LogP contribution in [0.3, 0.4) is 0 Å². The van der Waals surface area contributed by atoms with Crippen molar-refractivity contribution in [2.24, 2.45) is 11.1 Å². The molecule has 0 rings (SSSR count). The highest BCUT2D eigenvalue weighted by Gasteiger charge is 2.22. The van der Waals surface area contributed by atoms with Gasteiger partial charge in [0.25, 0.3) is 0 Å². The number of nitrogens with two attached hydrogens (primary N) is 1. The topological polar surface area (TPSA) is 29.3 Å². The standard InChI is InChI=1S/C8H20N2/c1-7(9)8(2,3)6-10(4)5/h7H,6,9H2,1-5H3/t7-/m0/s1. The van der Waals surface area contributed by atoms with E-state index < -0.39 is 0 Å². The lowest BCUT2D eigenvalue weighted by atomic mass is 9.86. The fourth-order valence-electron chi connectivity index (χ4n) is 0.959. The molecule has 0 unspecified atom stereocenters. The summed E-state index contributed by atoms with van der Waals surface area (Å²) in [6.45, 7) is 7.49. The van der Waals surface area contributed by atoms with E-state index in [2.05, 4.69) is 39.8 Å². The molecule has 0 saturated heterocycles. The minimum Gasteiger partial charge on any atom is -0.327 e. The zero-order valence-corrected chi connectivity index (χ0v) is 7.81. The van der Waals surface area contributed by atoms with Crippen molar-refractivity contribution in [1.82, 2.24) is 4.90 Å². The van der Waals surface area contributed by atoms with E-state index in [-0.39, 0.29) is 11.5 Å². The molecule has 0 aromatic carbocycles. The normalized spacial score (nSPS) is 15.9. The van der Waals surface area contributed by atoms with Crippen LogP contribution in [0.2, 0.25) is 0 Å². The van der Waals surface area contributed by atoms with E-state index in [1.807, 2.05) is 0 Å². The van der Waals surface area contributed by atoms with Crippen LogP contribution in [-0.2, 0) is 0 Å². The molecule has 0 saturated carbocycles.